The van der Waals surface area contributed by atoms with Gasteiger partial charge in [-0.25, -0.2) is 0 Å². The maximum atomic E-state index is 3.78. The van der Waals surface area contributed by atoms with E-state index in [0.29, 0.717) is 0 Å². The number of benzene rings is 3. The van der Waals surface area contributed by atoms with Crippen LogP contribution in [0.4, 0.5) is 0 Å². The minimum absolute atomic E-state index is 1.02. The van der Waals surface area contributed by atoms with Crippen LogP contribution in [0, 0.1) is 0 Å². The molecule has 0 radical (unpaired) electrons. The standard InChI is InChI=1S/C30H30/c1-3-5-7-25-9-13-27(14-10-25)17-19-29-21-23-30(24-22-29)20-18-28-15-11-26(12-16-28)8-6-4-2/h3-4,9-24H,1-2,5-8H2/b19-17+,20-18+. The average molecular weight is 391 g/mol. The highest BCUT2D eigenvalue weighted by Gasteiger charge is 1.94. The molecular weight excluding hydrogens is 360 g/mol. The predicted molar refractivity (Wildman–Crippen MR) is 134 cm³/mol. The summed E-state index contributed by atoms with van der Waals surface area (Å²) < 4.78 is 0. The summed E-state index contributed by atoms with van der Waals surface area (Å²) in [4.78, 5) is 0. The van der Waals surface area contributed by atoms with Gasteiger partial charge in [0.15, 0.2) is 0 Å². The summed E-state index contributed by atoms with van der Waals surface area (Å²) in [5.41, 5.74) is 7.56. The fourth-order valence-corrected chi connectivity index (χ4v) is 3.23. The zero-order valence-electron chi connectivity index (χ0n) is 17.6. The van der Waals surface area contributed by atoms with E-state index < -0.39 is 0 Å². The summed E-state index contributed by atoms with van der Waals surface area (Å²) in [6.45, 7) is 7.57. The quantitative estimate of drug-likeness (QED) is 0.241. The molecule has 0 unspecified atom stereocenters. The van der Waals surface area contributed by atoms with Gasteiger partial charge in [-0.15, -0.1) is 13.2 Å². The second-order valence-electron chi connectivity index (χ2n) is 7.47. The smallest absolute Gasteiger partial charge is 0.0244 e. The Balaban J connectivity index is 1.56. The lowest BCUT2D eigenvalue weighted by Gasteiger charge is -2.01. The fraction of sp³-hybridized carbons (Fsp3) is 0.133. The number of rotatable bonds is 10. The highest BCUT2D eigenvalue weighted by molar-refractivity contribution is 5.73. The number of hydrogen-bond donors (Lipinski definition) is 0. The first-order chi connectivity index (χ1) is 14.8. The first kappa shape index (κ1) is 21.3. The molecule has 0 nitrogen and oxygen atoms in total. The van der Waals surface area contributed by atoms with Crippen LogP contribution in [0.2, 0.25) is 0 Å². The minimum Gasteiger partial charge on any atom is -0.103 e. The van der Waals surface area contributed by atoms with Gasteiger partial charge < -0.3 is 0 Å². The Morgan fingerprint density at radius 3 is 0.967 bits per heavy atom. The van der Waals surface area contributed by atoms with Crippen molar-refractivity contribution in [3.8, 4) is 0 Å². The molecule has 0 spiro atoms. The first-order valence-electron chi connectivity index (χ1n) is 10.6. The highest BCUT2D eigenvalue weighted by atomic mass is 14.0. The summed E-state index contributed by atoms with van der Waals surface area (Å²) in [6.07, 6.45) is 16.7. The number of allylic oxidation sites excluding steroid dienone is 2. The van der Waals surface area contributed by atoms with Crippen LogP contribution in [0.15, 0.2) is 98.1 Å². The van der Waals surface area contributed by atoms with Gasteiger partial charge in [0.25, 0.3) is 0 Å². The van der Waals surface area contributed by atoms with E-state index in [9.17, 15) is 0 Å². The van der Waals surface area contributed by atoms with Crippen molar-refractivity contribution in [2.24, 2.45) is 0 Å². The van der Waals surface area contributed by atoms with Crippen LogP contribution in [-0.4, -0.2) is 0 Å². The van der Waals surface area contributed by atoms with Gasteiger partial charge in [0, 0.05) is 0 Å². The van der Waals surface area contributed by atoms with Crippen LogP contribution in [-0.2, 0) is 12.8 Å². The Labute approximate surface area is 181 Å². The molecule has 150 valence electrons. The zero-order valence-corrected chi connectivity index (χ0v) is 17.6. The average Bonchev–Trinajstić information content (AvgIpc) is 2.80. The van der Waals surface area contributed by atoms with E-state index in [0.717, 1.165) is 25.7 Å². The SMILES string of the molecule is C=CCCc1ccc(/C=C/c2ccc(/C=C/c3ccc(CCC=C)cc3)cc2)cc1. The summed E-state index contributed by atoms with van der Waals surface area (Å²) >= 11 is 0. The maximum Gasteiger partial charge on any atom is -0.0244 e. The van der Waals surface area contributed by atoms with Crippen LogP contribution in [0.5, 0.6) is 0 Å². The Hall–Kier alpha value is -3.38. The number of hydrogen-bond acceptors (Lipinski definition) is 0. The lowest BCUT2D eigenvalue weighted by atomic mass is 10.0. The molecule has 0 heteroatoms. The lowest BCUT2D eigenvalue weighted by molar-refractivity contribution is 1.00. The Morgan fingerprint density at radius 2 is 0.700 bits per heavy atom. The Bertz CT molecular complexity index is 897. The Kier molecular flexibility index (Phi) is 8.23. The molecule has 0 atom stereocenters. The largest absolute Gasteiger partial charge is 0.103 e. The van der Waals surface area contributed by atoms with Crippen molar-refractivity contribution >= 4 is 24.3 Å². The molecule has 0 fully saturated rings. The Morgan fingerprint density at radius 1 is 0.433 bits per heavy atom. The molecule has 0 saturated carbocycles. The zero-order chi connectivity index (χ0) is 21.0. The van der Waals surface area contributed by atoms with Gasteiger partial charge in [0.05, 0.1) is 0 Å². The molecule has 0 N–H and O–H groups in total. The second kappa shape index (κ2) is 11.6. The molecule has 3 aromatic rings. The van der Waals surface area contributed by atoms with Gasteiger partial charge in [-0.2, -0.15) is 0 Å². The van der Waals surface area contributed by atoms with Crippen molar-refractivity contribution in [1.29, 1.82) is 0 Å². The van der Waals surface area contributed by atoms with Crippen molar-refractivity contribution in [2.45, 2.75) is 25.7 Å². The predicted octanol–water partition coefficient (Wildman–Crippen LogP) is 8.26. The first-order valence-corrected chi connectivity index (χ1v) is 10.6. The lowest BCUT2D eigenvalue weighted by Crippen LogP contribution is -1.83. The third-order valence-corrected chi connectivity index (χ3v) is 5.11. The van der Waals surface area contributed by atoms with Gasteiger partial charge >= 0.3 is 0 Å². The van der Waals surface area contributed by atoms with E-state index in [2.05, 4.69) is 110 Å². The molecule has 0 aliphatic heterocycles. The highest BCUT2D eigenvalue weighted by Crippen LogP contribution is 2.14. The third kappa shape index (κ3) is 6.90. The van der Waals surface area contributed by atoms with Crippen LogP contribution < -0.4 is 0 Å². The van der Waals surface area contributed by atoms with E-state index in [1.165, 1.54) is 33.4 Å². The topological polar surface area (TPSA) is 0 Å². The van der Waals surface area contributed by atoms with Crippen LogP contribution in [0.3, 0.4) is 0 Å². The van der Waals surface area contributed by atoms with Crippen LogP contribution >= 0.6 is 0 Å². The van der Waals surface area contributed by atoms with Gasteiger partial charge in [-0.1, -0.05) is 109 Å². The molecule has 0 aliphatic carbocycles. The van der Waals surface area contributed by atoms with E-state index in [-0.39, 0.29) is 0 Å². The van der Waals surface area contributed by atoms with E-state index in [1.807, 2.05) is 12.2 Å². The summed E-state index contributed by atoms with van der Waals surface area (Å²) in [5.74, 6) is 0. The molecule has 0 aromatic heterocycles. The van der Waals surface area contributed by atoms with Gasteiger partial charge in [-0.3, -0.25) is 0 Å². The van der Waals surface area contributed by atoms with Crippen molar-refractivity contribution in [3.63, 3.8) is 0 Å². The van der Waals surface area contributed by atoms with Crippen molar-refractivity contribution in [3.05, 3.63) is 131 Å². The molecule has 0 heterocycles. The summed E-state index contributed by atoms with van der Waals surface area (Å²) in [5, 5.41) is 0. The molecule has 0 aliphatic rings. The fourth-order valence-electron chi connectivity index (χ4n) is 3.23. The van der Waals surface area contributed by atoms with E-state index >= 15 is 0 Å². The van der Waals surface area contributed by atoms with Crippen LogP contribution in [0.25, 0.3) is 24.3 Å². The molecular formula is C30H30. The maximum absolute atomic E-state index is 3.78. The van der Waals surface area contributed by atoms with Gasteiger partial charge in [0.1, 0.15) is 0 Å². The molecule has 0 saturated heterocycles. The summed E-state index contributed by atoms with van der Waals surface area (Å²) in [6, 6.07) is 26.1. The molecule has 0 bridgehead atoms. The monoisotopic (exact) mass is 390 g/mol. The van der Waals surface area contributed by atoms with Crippen LogP contribution in [0.1, 0.15) is 46.2 Å². The molecule has 0 amide bonds. The molecule has 3 aromatic carbocycles. The minimum atomic E-state index is 1.02. The van der Waals surface area contributed by atoms with Gasteiger partial charge in [-0.05, 0) is 59.1 Å². The van der Waals surface area contributed by atoms with E-state index in [1.54, 1.807) is 0 Å². The van der Waals surface area contributed by atoms with Crippen molar-refractivity contribution in [2.75, 3.05) is 0 Å². The van der Waals surface area contributed by atoms with E-state index in [4.69, 9.17) is 0 Å². The van der Waals surface area contributed by atoms with Gasteiger partial charge in [0.2, 0.25) is 0 Å². The van der Waals surface area contributed by atoms with Crippen molar-refractivity contribution < 1.29 is 0 Å². The summed E-state index contributed by atoms with van der Waals surface area (Å²) in [7, 11) is 0. The second-order valence-corrected chi connectivity index (χ2v) is 7.47. The molecule has 3 rings (SSSR count). The molecule has 30 heavy (non-hydrogen) atoms. The number of aryl methyl sites for hydroxylation is 2. The normalized spacial score (nSPS) is 11.2. The third-order valence-electron chi connectivity index (χ3n) is 5.11. The van der Waals surface area contributed by atoms with Crippen molar-refractivity contribution in [1.82, 2.24) is 0 Å².